The number of benzene rings is 1. The Hall–Kier alpha value is -2.10. The zero-order valence-corrected chi connectivity index (χ0v) is 14.7. The number of unbranched alkanes of at least 4 members (excludes halogenated alkanes) is 1. The highest BCUT2D eigenvalue weighted by atomic mass is 15.2. The predicted octanol–water partition coefficient (Wildman–Crippen LogP) is 4.13. The van der Waals surface area contributed by atoms with E-state index in [0.29, 0.717) is 6.04 Å². The maximum Gasteiger partial charge on any atom is 0.134 e. The fourth-order valence-electron chi connectivity index (χ4n) is 2.52. The van der Waals surface area contributed by atoms with Gasteiger partial charge in [0.15, 0.2) is 0 Å². The van der Waals surface area contributed by atoms with Crippen LogP contribution in [-0.4, -0.2) is 29.6 Å². The minimum atomic E-state index is 0.374. The molecule has 0 saturated heterocycles. The maximum absolute atomic E-state index is 4.51. The van der Waals surface area contributed by atoms with Crippen molar-refractivity contribution < 1.29 is 0 Å². The molecule has 23 heavy (non-hydrogen) atoms. The van der Waals surface area contributed by atoms with Gasteiger partial charge in [0.1, 0.15) is 18.0 Å². The number of nitrogens with zero attached hydrogens (tertiary/aromatic N) is 4. The molecule has 0 aliphatic carbocycles. The zero-order chi connectivity index (χ0) is 16.7. The Morgan fingerprint density at radius 1 is 1.04 bits per heavy atom. The van der Waals surface area contributed by atoms with Gasteiger partial charge in [0, 0.05) is 32.2 Å². The molecule has 1 aromatic heterocycles. The van der Waals surface area contributed by atoms with E-state index in [9.17, 15) is 0 Å². The molecule has 0 unspecified atom stereocenters. The maximum atomic E-state index is 4.51. The van der Waals surface area contributed by atoms with Crippen LogP contribution in [0.4, 0.5) is 11.6 Å². The summed E-state index contributed by atoms with van der Waals surface area (Å²) in [6.45, 7) is 8.48. The van der Waals surface area contributed by atoms with E-state index in [1.807, 2.05) is 0 Å². The van der Waals surface area contributed by atoms with Gasteiger partial charge in [0.25, 0.3) is 0 Å². The van der Waals surface area contributed by atoms with Crippen molar-refractivity contribution in [2.24, 2.45) is 0 Å². The molecule has 124 valence electrons. The summed E-state index contributed by atoms with van der Waals surface area (Å²) in [6.07, 6.45) is 4.04. The molecule has 0 saturated carbocycles. The summed E-state index contributed by atoms with van der Waals surface area (Å²) >= 11 is 0. The second-order valence-corrected chi connectivity index (χ2v) is 6.22. The van der Waals surface area contributed by atoms with Crippen LogP contribution in [0, 0.1) is 0 Å². The molecule has 0 amide bonds. The van der Waals surface area contributed by atoms with Crippen LogP contribution < -0.4 is 9.80 Å². The molecule has 0 bridgehead atoms. The molecule has 2 aromatic rings. The Balaban J connectivity index is 2.19. The first-order valence-electron chi connectivity index (χ1n) is 8.45. The van der Waals surface area contributed by atoms with E-state index in [1.54, 1.807) is 6.33 Å². The summed E-state index contributed by atoms with van der Waals surface area (Å²) in [5.41, 5.74) is 1.29. The molecule has 0 spiro atoms. The van der Waals surface area contributed by atoms with Gasteiger partial charge in [-0.2, -0.15) is 0 Å². The molecular weight excluding hydrogens is 284 g/mol. The van der Waals surface area contributed by atoms with E-state index in [4.69, 9.17) is 0 Å². The molecular formula is C19H28N4. The first-order chi connectivity index (χ1) is 11.1. The van der Waals surface area contributed by atoms with Crippen molar-refractivity contribution in [1.29, 1.82) is 0 Å². The van der Waals surface area contributed by atoms with Crippen molar-refractivity contribution in [2.45, 2.75) is 46.2 Å². The van der Waals surface area contributed by atoms with Crippen molar-refractivity contribution in [3.63, 3.8) is 0 Å². The van der Waals surface area contributed by atoms with Gasteiger partial charge in [-0.05, 0) is 25.8 Å². The zero-order valence-electron chi connectivity index (χ0n) is 14.7. The second-order valence-electron chi connectivity index (χ2n) is 6.22. The summed E-state index contributed by atoms with van der Waals surface area (Å²) in [4.78, 5) is 13.5. The molecule has 0 aliphatic rings. The summed E-state index contributed by atoms with van der Waals surface area (Å²) in [5, 5.41) is 0. The second kappa shape index (κ2) is 8.51. The molecule has 0 atom stereocenters. The van der Waals surface area contributed by atoms with Gasteiger partial charge in [-0.15, -0.1) is 0 Å². The Kier molecular flexibility index (Phi) is 6.39. The number of hydrogen-bond acceptors (Lipinski definition) is 4. The van der Waals surface area contributed by atoms with Crippen LogP contribution in [0.5, 0.6) is 0 Å². The van der Waals surface area contributed by atoms with Crippen LogP contribution in [0.3, 0.4) is 0 Å². The number of anilines is 2. The van der Waals surface area contributed by atoms with Crippen molar-refractivity contribution in [3.8, 4) is 0 Å². The molecule has 4 nitrogen and oxygen atoms in total. The normalized spacial score (nSPS) is 10.8. The van der Waals surface area contributed by atoms with E-state index in [0.717, 1.165) is 24.7 Å². The highest BCUT2D eigenvalue weighted by molar-refractivity contribution is 5.50. The minimum absolute atomic E-state index is 0.374. The lowest BCUT2D eigenvalue weighted by Crippen LogP contribution is -2.31. The molecule has 1 aromatic carbocycles. The lowest BCUT2D eigenvalue weighted by atomic mass is 10.2. The monoisotopic (exact) mass is 312 g/mol. The highest BCUT2D eigenvalue weighted by Crippen LogP contribution is 2.21. The topological polar surface area (TPSA) is 32.3 Å². The van der Waals surface area contributed by atoms with E-state index < -0.39 is 0 Å². The highest BCUT2D eigenvalue weighted by Gasteiger charge is 2.14. The van der Waals surface area contributed by atoms with Gasteiger partial charge in [0.2, 0.25) is 0 Å². The van der Waals surface area contributed by atoms with Crippen LogP contribution >= 0.6 is 0 Å². The third-order valence-electron chi connectivity index (χ3n) is 3.99. The molecule has 0 aliphatic heterocycles. The molecule has 0 N–H and O–H groups in total. The molecule has 4 heteroatoms. The van der Waals surface area contributed by atoms with E-state index in [-0.39, 0.29) is 0 Å². The van der Waals surface area contributed by atoms with Crippen LogP contribution in [0.25, 0.3) is 0 Å². The van der Waals surface area contributed by atoms with E-state index >= 15 is 0 Å². The van der Waals surface area contributed by atoms with Gasteiger partial charge >= 0.3 is 0 Å². The van der Waals surface area contributed by atoms with E-state index in [2.05, 4.69) is 84.0 Å². The summed E-state index contributed by atoms with van der Waals surface area (Å²) in [5.74, 6) is 1.97. The standard InChI is InChI=1S/C19H28N4/c1-5-6-12-22(4)18-13-19(21-15-20-18)23(16(2)3)14-17-10-8-7-9-11-17/h7-11,13,15-16H,5-6,12,14H2,1-4H3. The average Bonchev–Trinajstić information content (AvgIpc) is 2.58. The van der Waals surface area contributed by atoms with Gasteiger partial charge in [-0.1, -0.05) is 43.7 Å². The third-order valence-corrected chi connectivity index (χ3v) is 3.99. The Morgan fingerprint density at radius 2 is 1.74 bits per heavy atom. The fourth-order valence-corrected chi connectivity index (χ4v) is 2.52. The SMILES string of the molecule is CCCCN(C)c1cc(N(Cc2ccccc2)C(C)C)ncn1. The Bertz CT molecular complexity index is 583. The van der Waals surface area contributed by atoms with Gasteiger partial charge in [-0.25, -0.2) is 9.97 Å². The fraction of sp³-hybridized carbons (Fsp3) is 0.474. The minimum Gasteiger partial charge on any atom is -0.360 e. The molecule has 0 fully saturated rings. The summed E-state index contributed by atoms with van der Waals surface area (Å²) in [7, 11) is 2.10. The van der Waals surface area contributed by atoms with Crippen LogP contribution in [0.1, 0.15) is 39.2 Å². The van der Waals surface area contributed by atoms with Crippen LogP contribution in [0.2, 0.25) is 0 Å². The number of aromatic nitrogens is 2. The molecule has 0 radical (unpaired) electrons. The van der Waals surface area contributed by atoms with Crippen molar-refractivity contribution in [1.82, 2.24) is 9.97 Å². The number of hydrogen-bond donors (Lipinski definition) is 0. The van der Waals surface area contributed by atoms with E-state index in [1.165, 1.54) is 18.4 Å². The van der Waals surface area contributed by atoms with Gasteiger partial charge < -0.3 is 9.80 Å². The third kappa shape index (κ3) is 4.95. The first kappa shape index (κ1) is 17.3. The Morgan fingerprint density at radius 3 is 2.39 bits per heavy atom. The van der Waals surface area contributed by atoms with Crippen LogP contribution in [-0.2, 0) is 6.54 Å². The predicted molar refractivity (Wildman–Crippen MR) is 98.0 cm³/mol. The molecule has 2 rings (SSSR count). The summed E-state index contributed by atoms with van der Waals surface area (Å²) in [6, 6.07) is 13.0. The average molecular weight is 312 g/mol. The number of rotatable bonds is 8. The van der Waals surface area contributed by atoms with Crippen molar-refractivity contribution in [2.75, 3.05) is 23.4 Å². The lowest BCUT2D eigenvalue weighted by Gasteiger charge is -2.29. The van der Waals surface area contributed by atoms with Crippen LogP contribution in [0.15, 0.2) is 42.7 Å². The van der Waals surface area contributed by atoms with Crippen molar-refractivity contribution in [3.05, 3.63) is 48.3 Å². The quantitative estimate of drug-likeness (QED) is 0.733. The summed E-state index contributed by atoms with van der Waals surface area (Å²) < 4.78 is 0. The molecule has 1 heterocycles. The van der Waals surface area contributed by atoms with Crippen molar-refractivity contribution >= 4 is 11.6 Å². The Labute approximate surface area is 140 Å². The largest absolute Gasteiger partial charge is 0.360 e. The van der Waals surface area contributed by atoms with Gasteiger partial charge in [0.05, 0.1) is 0 Å². The van der Waals surface area contributed by atoms with Gasteiger partial charge in [-0.3, -0.25) is 0 Å². The first-order valence-corrected chi connectivity index (χ1v) is 8.45. The lowest BCUT2D eigenvalue weighted by molar-refractivity contribution is 0.670. The smallest absolute Gasteiger partial charge is 0.134 e.